The number of aromatic amines is 1. The van der Waals surface area contributed by atoms with Gasteiger partial charge in [-0.25, -0.2) is 0 Å². The molecule has 0 saturated carbocycles. The number of aliphatic hydroxyl groups is 1. The summed E-state index contributed by atoms with van der Waals surface area (Å²) in [5, 5.41) is 15.8. The largest absolute Gasteiger partial charge is 0.415 e. The predicted octanol–water partition coefficient (Wildman–Crippen LogP) is 1.51. The lowest BCUT2D eigenvalue weighted by Crippen LogP contribution is -2.44. The number of alkyl halides is 3. The molecule has 1 aromatic heterocycles. The van der Waals surface area contributed by atoms with Gasteiger partial charge in [0.15, 0.2) is 6.10 Å². The average molecular weight is 263 g/mol. The maximum atomic E-state index is 12.2. The van der Waals surface area contributed by atoms with Gasteiger partial charge < -0.3 is 10.0 Å². The first-order valence-corrected chi connectivity index (χ1v) is 5.93. The first-order valence-electron chi connectivity index (χ1n) is 5.93. The second kappa shape index (κ2) is 5.27. The molecular weight excluding hydrogens is 247 g/mol. The van der Waals surface area contributed by atoms with Crippen molar-refractivity contribution < 1.29 is 18.3 Å². The Morgan fingerprint density at radius 3 is 2.61 bits per heavy atom. The number of aliphatic hydroxyl groups excluding tert-OH is 1. The zero-order valence-corrected chi connectivity index (χ0v) is 9.82. The van der Waals surface area contributed by atoms with Crippen molar-refractivity contribution >= 4 is 0 Å². The summed E-state index contributed by atoms with van der Waals surface area (Å²) >= 11 is 0. The van der Waals surface area contributed by atoms with E-state index in [1.54, 1.807) is 11.1 Å². The summed E-state index contributed by atoms with van der Waals surface area (Å²) in [7, 11) is 0. The van der Waals surface area contributed by atoms with Crippen LogP contribution < -0.4 is 0 Å². The van der Waals surface area contributed by atoms with Crippen LogP contribution in [0, 0.1) is 0 Å². The third-order valence-corrected chi connectivity index (χ3v) is 3.36. The molecule has 1 aliphatic rings. The Labute approximate surface area is 103 Å². The van der Waals surface area contributed by atoms with Crippen LogP contribution in [0.5, 0.6) is 0 Å². The van der Waals surface area contributed by atoms with E-state index in [4.69, 9.17) is 5.11 Å². The van der Waals surface area contributed by atoms with Crippen molar-refractivity contribution in [3.8, 4) is 0 Å². The first kappa shape index (κ1) is 13.4. The van der Waals surface area contributed by atoms with Crippen LogP contribution in [0.3, 0.4) is 0 Å². The van der Waals surface area contributed by atoms with Crippen LogP contribution in [0.1, 0.15) is 24.5 Å². The number of aromatic nitrogens is 2. The van der Waals surface area contributed by atoms with Crippen LogP contribution in [0.2, 0.25) is 0 Å². The summed E-state index contributed by atoms with van der Waals surface area (Å²) in [5.74, 6) is 0.326. The maximum Gasteiger partial charge on any atom is 0.415 e. The molecule has 7 heteroatoms. The molecule has 0 radical (unpaired) electrons. The second-order valence-corrected chi connectivity index (χ2v) is 4.64. The molecule has 1 fully saturated rings. The summed E-state index contributed by atoms with van der Waals surface area (Å²) in [5.41, 5.74) is 1.03. The van der Waals surface area contributed by atoms with E-state index in [-0.39, 0.29) is 6.54 Å². The van der Waals surface area contributed by atoms with Gasteiger partial charge in [0, 0.05) is 24.4 Å². The predicted molar refractivity (Wildman–Crippen MR) is 59.1 cm³/mol. The molecule has 1 atom stereocenters. The van der Waals surface area contributed by atoms with E-state index < -0.39 is 12.3 Å². The minimum absolute atomic E-state index is 0.326. The van der Waals surface area contributed by atoms with Crippen molar-refractivity contribution in [3.05, 3.63) is 18.0 Å². The average Bonchev–Trinajstić information content (AvgIpc) is 2.82. The highest BCUT2D eigenvalue weighted by molar-refractivity contribution is 5.06. The van der Waals surface area contributed by atoms with E-state index in [9.17, 15) is 13.2 Å². The second-order valence-electron chi connectivity index (χ2n) is 4.64. The highest BCUT2D eigenvalue weighted by Crippen LogP contribution is 2.27. The zero-order chi connectivity index (χ0) is 13.2. The molecule has 0 bridgehead atoms. The van der Waals surface area contributed by atoms with Crippen LogP contribution >= 0.6 is 0 Å². The van der Waals surface area contributed by atoms with Crippen molar-refractivity contribution in [1.29, 1.82) is 0 Å². The fourth-order valence-electron chi connectivity index (χ4n) is 2.27. The fraction of sp³-hybridized carbons (Fsp3) is 0.727. The molecule has 1 aromatic rings. The van der Waals surface area contributed by atoms with Gasteiger partial charge in [0.2, 0.25) is 0 Å². The lowest BCUT2D eigenvalue weighted by molar-refractivity contribution is -0.208. The number of hydrogen-bond donors (Lipinski definition) is 2. The van der Waals surface area contributed by atoms with Crippen LogP contribution in [0.15, 0.2) is 12.3 Å². The van der Waals surface area contributed by atoms with Gasteiger partial charge in [-0.2, -0.15) is 18.3 Å². The summed E-state index contributed by atoms with van der Waals surface area (Å²) < 4.78 is 36.6. The Morgan fingerprint density at radius 1 is 1.44 bits per heavy atom. The maximum absolute atomic E-state index is 12.2. The SMILES string of the molecule is O[C@@H](CN1CCC(c2ccn[nH]2)CC1)C(F)(F)F. The Balaban J connectivity index is 1.80. The zero-order valence-electron chi connectivity index (χ0n) is 9.82. The highest BCUT2D eigenvalue weighted by atomic mass is 19.4. The summed E-state index contributed by atoms with van der Waals surface area (Å²) in [4.78, 5) is 1.66. The van der Waals surface area contributed by atoms with E-state index in [0.29, 0.717) is 19.0 Å². The van der Waals surface area contributed by atoms with Gasteiger partial charge in [0.25, 0.3) is 0 Å². The molecule has 2 N–H and O–H groups in total. The number of hydrogen-bond acceptors (Lipinski definition) is 3. The number of nitrogens with one attached hydrogen (secondary N) is 1. The summed E-state index contributed by atoms with van der Waals surface area (Å²) in [6, 6.07) is 1.89. The van der Waals surface area contributed by atoms with Crippen molar-refractivity contribution in [2.75, 3.05) is 19.6 Å². The number of β-amino-alcohol motifs (C(OH)–C–C–N with tert-alkyl or cyclic N) is 1. The van der Waals surface area contributed by atoms with Crippen LogP contribution in [0.4, 0.5) is 13.2 Å². The van der Waals surface area contributed by atoms with E-state index in [0.717, 1.165) is 18.5 Å². The van der Waals surface area contributed by atoms with E-state index in [1.165, 1.54) is 0 Å². The normalized spacial score (nSPS) is 21.1. The number of likely N-dealkylation sites (tertiary alicyclic amines) is 1. The number of nitrogens with zero attached hydrogens (tertiary/aromatic N) is 2. The Morgan fingerprint density at radius 2 is 2.11 bits per heavy atom. The van der Waals surface area contributed by atoms with Crippen LogP contribution in [0.25, 0.3) is 0 Å². The molecular formula is C11H16F3N3O. The van der Waals surface area contributed by atoms with Gasteiger partial charge in [-0.15, -0.1) is 0 Å². The number of piperidine rings is 1. The molecule has 0 aliphatic carbocycles. The topological polar surface area (TPSA) is 52.1 Å². The summed E-state index contributed by atoms with van der Waals surface area (Å²) in [6.07, 6.45) is -3.53. The van der Waals surface area contributed by atoms with Gasteiger partial charge in [-0.05, 0) is 32.0 Å². The minimum Gasteiger partial charge on any atom is -0.382 e. The molecule has 2 rings (SSSR count). The quantitative estimate of drug-likeness (QED) is 0.869. The van der Waals surface area contributed by atoms with Gasteiger partial charge in [-0.3, -0.25) is 5.10 Å². The Bertz CT molecular complexity index is 358. The van der Waals surface area contributed by atoms with Gasteiger partial charge >= 0.3 is 6.18 Å². The number of rotatable bonds is 3. The minimum atomic E-state index is -4.53. The van der Waals surface area contributed by atoms with E-state index in [1.807, 2.05) is 6.07 Å². The van der Waals surface area contributed by atoms with Crippen molar-refractivity contribution in [2.24, 2.45) is 0 Å². The number of halogens is 3. The molecule has 0 amide bonds. The van der Waals surface area contributed by atoms with Crippen LogP contribution in [-0.4, -0.2) is 52.1 Å². The van der Waals surface area contributed by atoms with Gasteiger partial charge in [-0.1, -0.05) is 0 Å². The van der Waals surface area contributed by atoms with E-state index in [2.05, 4.69) is 10.2 Å². The Kier molecular flexibility index (Phi) is 3.91. The molecule has 1 saturated heterocycles. The monoisotopic (exact) mass is 263 g/mol. The third kappa shape index (κ3) is 3.23. The molecule has 102 valence electrons. The molecule has 4 nitrogen and oxygen atoms in total. The fourth-order valence-corrected chi connectivity index (χ4v) is 2.27. The van der Waals surface area contributed by atoms with E-state index >= 15 is 0 Å². The van der Waals surface area contributed by atoms with Crippen LogP contribution in [-0.2, 0) is 0 Å². The first-order chi connectivity index (χ1) is 8.47. The summed E-state index contributed by atoms with van der Waals surface area (Å²) in [6.45, 7) is 0.798. The van der Waals surface area contributed by atoms with Gasteiger partial charge in [0.05, 0.1) is 0 Å². The standard InChI is InChI=1S/C11H16F3N3O/c12-11(13,14)10(18)7-17-5-2-8(3-6-17)9-1-4-15-16-9/h1,4,8,10,18H,2-3,5-7H2,(H,15,16)/t10-/m0/s1. The van der Waals surface area contributed by atoms with Crippen molar-refractivity contribution in [2.45, 2.75) is 31.0 Å². The van der Waals surface area contributed by atoms with Gasteiger partial charge in [0.1, 0.15) is 0 Å². The van der Waals surface area contributed by atoms with Crippen molar-refractivity contribution in [3.63, 3.8) is 0 Å². The lowest BCUT2D eigenvalue weighted by atomic mass is 9.93. The molecule has 2 heterocycles. The number of H-pyrrole nitrogens is 1. The third-order valence-electron chi connectivity index (χ3n) is 3.36. The molecule has 0 aromatic carbocycles. The highest BCUT2D eigenvalue weighted by Gasteiger charge is 2.39. The van der Waals surface area contributed by atoms with Crippen molar-refractivity contribution in [1.82, 2.24) is 15.1 Å². The smallest absolute Gasteiger partial charge is 0.382 e. The molecule has 0 unspecified atom stereocenters. The molecule has 0 spiro atoms. The molecule has 1 aliphatic heterocycles. The lowest BCUT2D eigenvalue weighted by Gasteiger charge is -2.33. The molecule has 18 heavy (non-hydrogen) atoms. The Hall–Kier alpha value is -1.08.